The van der Waals surface area contributed by atoms with E-state index in [9.17, 15) is 14.5 Å². The number of halogens is 3. The molecule has 0 unspecified atom stereocenters. The minimum Gasteiger partial charge on any atom is -0.485 e. The van der Waals surface area contributed by atoms with Crippen molar-refractivity contribution in [2.24, 2.45) is 0 Å². The first-order valence-electron chi connectivity index (χ1n) is 5.92. The van der Waals surface area contributed by atoms with Gasteiger partial charge in [0.25, 0.3) is 5.69 Å². The molecule has 0 bridgehead atoms. The lowest BCUT2D eigenvalue weighted by atomic mass is 10.2. The fourth-order valence-electron chi connectivity index (χ4n) is 1.82. The molecule has 0 saturated carbocycles. The first kappa shape index (κ1) is 15.7. The number of hydrogen-bond donors (Lipinski definition) is 0. The van der Waals surface area contributed by atoms with Crippen LogP contribution in [-0.2, 0) is 11.9 Å². The van der Waals surface area contributed by atoms with Gasteiger partial charge >= 0.3 is 0 Å². The Labute approximate surface area is 133 Å². The van der Waals surface area contributed by atoms with Crippen molar-refractivity contribution in [1.82, 2.24) is 0 Å². The molecule has 0 aromatic heterocycles. The van der Waals surface area contributed by atoms with Crippen LogP contribution in [0.5, 0.6) is 5.75 Å². The molecule has 0 fully saturated rings. The van der Waals surface area contributed by atoms with E-state index in [2.05, 4.69) is 15.9 Å². The molecule has 0 N–H and O–H groups in total. The Hall–Kier alpha value is -1.66. The predicted octanol–water partition coefficient (Wildman–Crippen LogP) is 4.86. The summed E-state index contributed by atoms with van der Waals surface area (Å²) in [7, 11) is 0. The van der Waals surface area contributed by atoms with Gasteiger partial charge in [-0.2, -0.15) is 0 Å². The van der Waals surface area contributed by atoms with Crippen LogP contribution in [-0.4, -0.2) is 4.92 Å². The second-order valence-electron chi connectivity index (χ2n) is 4.18. The molecule has 110 valence electrons. The number of nitro groups is 1. The second kappa shape index (κ2) is 6.87. The van der Waals surface area contributed by atoms with Gasteiger partial charge < -0.3 is 4.74 Å². The third-order valence-electron chi connectivity index (χ3n) is 2.80. The smallest absolute Gasteiger partial charge is 0.276 e. The predicted molar refractivity (Wildman–Crippen MR) is 81.5 cm³/mol. The van der Waals surface area contributed by atoms with Crippen molar-refractivity contribution in [3.05, 3.63) is 68.5 Å². The Balaban J connectivity index is 2.28. The summed E-state index contributed by atoms with van der Waals surface area (Å²) in [6.07, 6.45) is 0. The van der Waals surface area contributed by atoms with E-state index in [0.717, 1.165) is 0 Å². The molecule has 0 aliphatic rings. The van der Waals surface area contributed by atoms with Crippen LogP contribution >= 0.6 is 27.5 Å². The number of rotatable bonds is 5. The molecular weight excluding hydrogens is 365 g/mol. The maximum Gasteiger partial charge on any atom is 0.276 e. The molecule has 2 aromatic carbocycles. The van der Waals surface area contributed by atoms with Crippen molar-refractivity contribution >= 4 is 33.2 Å². The molecule has 0 spiro atoms. The number of nitro benzene ring substituents is 1. The Morgan fingerprint density at radius 1 is 1.29 bits per heavy atom. The van der Waals surface area contributed by atoms with E-state index >= 15 is 0 Å². The maximum absolute atomic E-state index is 13.8. The van der Waals surface area contributed by atoms with Crippen molar-refractivity contribution in [2.75, 3.05) is 0 Å². The lowest BCUT2D eigenvalue weighted by Crippen LogP contribution is -2.03. The van der Waals surface area contributed by atoms with Gasteiger partial charge in [0.1, 0.15) is 6.61 Å². The molecule has 0 atom stereocenters. The lowest BCUT2D eigenvalue weighted by Gasteiger charge is -2.11. The zero-order chi connectivity index (χ0) is 15.4. The van der Waals surface area contributed by atoms with Gasteiger partial charge in [-0.25, -0.2) is 4.39 Å². The van der Waals surface area contributed by atoms with Crippen molar-refractivity contribution in [1.29, 1.82) is 0 Å². The summed E-state index contributed by atoms with van der Waals surface area (Å²) >= 11 is 9.08. The Bertz CT molecular complexity index is 681. The highest BCUT2D eigenvalue weighted by Crippen LogP contribution is 2.28. The van der Waals surface area contributed by atoms with Crippen LogP contribution in [0.3, 0.4) is 0 Å². The monoisotopic (exact) mass is 373 g/mol. The minimum atomic E-state index is -0.526. The summed E-state index contributed by atoms with van der Waals surface area (Å²) in [6, 6.07) is 8.71. The maximum atomic E-state index is 13.8. The summed E-state index contributed by atoms with van der Waals surface area (Å²) in [6.45, 7) is -0.141. The van der Waals surface area contributed by atoms with E-state index in [0.29, 0.717) is 15.9 Å². The molecule has 0 radical (unpaired) electrons. The summed E-state index contributed by atoms with van der Waals surface area (Å²) in [5.41, 5.74) is 0.798. The average Bonchev–Trinajstić information content (AvgIpc) is 2.45. The normalized spacial score (nSPS) is 10.4. The van der Waals surface area contributed by atoms with Crippen LogP contribution in [0.15, 0.2) is 36.4 Å². The standard InChI is InChI=1S/C14H10BrClFNO3/c15-7-9-2-1-3-12(17)14(9)21-8-10-6-11(16)4-5-13(10)18(19)20/h1-6H,7-8H2. The zero-order valence-corrected chi connectivity index (χ0v) is 13.0. The van der Waals surface area contributed by atoms with Gasteiger partial charge in [-0.1, -0.05) is 39.7 Å². The number of nitrogens with zero attached hydrogens (tertiary/aromatic N) is 1. The van der Waals surface area contributed by atoms with Crippen LogP contribution in [0.1, 0.15) is 11.1 Å². The molecule has 7 heteroatoms. The highest BCUT2D eigenvalue weighted by atomic mass is 79.9. The third-order valence-corrected chi connectivity index (χ3v) is 3.64. The topological polar surface area (TPSA) is 52.4 Å². The van der Waals surface area contributed by atoms with E-state index in [-0.39, 0.29) is 23.6 Å². The van der Waals surface area contributed by atoms with Gasteiger partial charge in [-0.3, -0.25) is 10.1 Å². The SMILES string of the molecule is O=[N+]([O-])c1ccc(Cl)cc1COc1c(F)cccc1CBr. The number of ether oxygens (including phenoxy) is 1. The van der Waals surface area contributed by atoms with Gasteiger partial charge in [0, 0.05) is 22.0 Å². The van der Waals surface area contributed by atoms with E-state index in [1.807, 2.05) is 0 Å². The van der Waals surface area contributed by atoms with Crippen LogP contribution in [0.25, 0.3) is 0 Å². The van der Waals surface area contributed by atoms with Crippen molar-refractivity contribution in [3.63, 3.8) is 0 Å². The van der Waals surface area contributed by atoms with Gasteiger partial charge in [0.2, 0.25) is 0 Å². The van der Waals surface area contributed by atoms with E-state index in [1.165, 1.54) is 24.3 Å². The molecule has 0 aliphatic carbocycles. The summed E-state index contributed by atoms with van der Waals surface area (Å²) in [5, 5.41) is 11.7. The quantitative estimate of drug-likeness (QED) is 0.426. The van der Waals surface area contributed by atoms with Gasteiger partial charge in [-0.05, 0) is 18.2 Å². The molecule has 0 heterocycles. The van der Waals surface area contributed by atoms with Crippen LogP contribution < -0.4 is 4.74 Å². The lowest BCUT2D eigenvalue weighted by molar-refractivity contribution is -0.385. The fraction of sp³-hybridized carbons (Fsp3) is 0.143. The molecule has 4 nitrogen and oxygen atoms in total. The van der Waals surface area contributed by atoms with Crippen LogP contribution in [0.4, 0.5) is 10.1 Å². The minimum absolute atomic E-state index is 0.0728. The number of hydrogen-bond acceptors (Lipinski definition) is 3. The molecule has 0 amide bonds. The first-order chi connectivity index (χ1) is 10.0. The van der Waals surface area contributed by atoms with Crippen LogP contribution in [0, 0.1) is 15.9 Å². The molecule has 0 aliphatic heterocycles. The number of alkyl halides is 1. The number of para-hydroxylation sites is 1. The summed E-state index contributed by atoms with van der Waals surface area (Å²) in [5.74, 6) is -0.444. The van der Waals surface area contributed by atoms with Crippen LogP contribution in [0.2, 0.25) is 5.02 Å². The van der Waals surface area contributed by atoms with E-state index in [4.69, 9.17) is 16.3 Å². The van der Waals surface area contributed by atoms with Gasteiger partial charge in [0.05, 0.1) is 10.5 Å². The fourth-order valence-corrected chi connectivity index (χ4v) is 2.45. The van der Waals surface area contributed by atoms with E-state index in [1.54, 1.807) is 12.1 Å². The van der Waals surface area contributed by atoms with Crippen molar-refractivity contribution in [2.45, 2.75) is 11.9 Å². The first-order valence-corrected chi connectivity index (χ1v) is 7.42. The molecule has 2 rings (SSSR count). The molecular formula is C14H10BrClFNO3. The third kappa shape index (κ3) is 3.71. The largest absolute Gasteiger partial charge is 0.485 e. The average molecular weight is 375 g/mol. The highest BCUT2D eigenvalue weighted by Gasteiger charge is 2.16. The Morgan fingerprint density at radius 3 is 2.71 bits per heavy atom. The van der Waals surface area contributed by atoms with Gasteiger partial charge in [-0.15, -0.1) is 0 Å². The highest BCUT2D eigenvalue weighted by molar-refractivity contribution is 9.08. The van der Waals surface area contributed by atoms with Crippen molar-refractivity contribution < 1.29 is 14.1 Å². The Morgan fingerprint density at radius 2 is 2.05 bits per heavy atom. The summed E-state index contributed by atoms with van der Waals surface area (Å²) in [4.78, 5) is 10.4. The van der Waals surface area contributed by atoms with E-state index < -0.39 is 10.7 Å². The Kier molecular flexibility index (Phi) is 5.14. The molecule has 0 saturated heterocycles. The van der Waals surface area contributed by atoms with Gasteiger partial charge in [0.15, 0.2) is 11.6 Å². The number of benzene rings is 2. The second-order valence-corrected chi connectivity index (χ2v) is 5.18. The van der Waals surface area contributed by atoms with Crippen molar-refractivity contribution in [3.8, 4) is 5.75 Å². The molecule has 21 heavy (non-hydrogen) atoms. The summed E-state index contributed by atoms with van der Waals surface area (Å²) < 4.78 is 19.2. The molecule has 2 aromatic rings. The zero-order valence-electron chi connectivity index (χ0n) is 10.7.